The van der Waals surface area contributed by atoms with E-state index >= 15 is 0 Å². The largest absolute Gasteiger partial charge is 0.364 e. The molecule has 4 nitrogen and oxygen atoms in total. The van der Waals surface area contributed by atoms with Crippen molar-refractivity contribution in [1.82, 2.24) is 16.2 Å². The molecule has 0 aliphatic rings. The third-order valence-corrected chi connectivity index (χ3v) is 3.51. The molecule has 1 aromatic heterocycles. The Morgan fingerprint density at radius 3 is 2.62 bits per heavy atom. The van der Waals surface area contributed by atoms with E-state index < -0.39 is 0 Å². The van der Waals surface area contributed by atoms with E-state index in [0.29, 0.717) is 16.6 Å². The van der Waals surface area contributed by atoms with Gasteiger partial charge in [-0.3, -0.25) is 15.6 Å². The van der Waals surface area contributed by atoms with E-state index in [9.17, 15) is 4.79 Å². The van der Waals surface area contributed by atoms with Crippen LogP contribution in [0.25, 0.3) is 0 Å². The quantitative estimate of drug-likeness (QED) is 0.556. The van der Waals surface area contributed by atoms with Gasteiger partial charge in [-0.2, -0.15) is 0 Å². The molecule has 0 bridgehead atoms. The van der Waals surface area contributed by atoms with Crippen LogP contribution in [0.2, 0.25) is 0 Å². The Hall–Kier alpha value is -1.14. The number of carbonyl (C=O) groups is 1. The van der Waals surface area contributed by atoms with Crippen LogP contribution in [0.5, 0.6) is 0 Å². The first-order chi connectivity index (χ1) is 7.54. The Balaban J connectivity index is 2.56. The molecule has 0 aliphatic heterocycles. The van der Waals surface area contributed by atoms with Gasteiger partial charge in [-0.05, 0) is 24.2 Å². The molecule has 0 saturated heterocycles. The minimum atomic E-state index is -0.180. The lowest BCUT2D eigenvalue weighted by molar-refractivity contribution is 0.0944. The van der Waals surface area contributed by atoms with Crippen LogP contribution in [-0.2, 0) is 0 Å². The van der Waals surface area contributed by atoms with Gasteiger partial charge in [-0.15, -0.1) is 11.3 Å². The highest BCUT2D eigenvalue weighted by atomic mass is 32.1. The SMILES string of the molecule is CNC(=S)NNC(=O)c1csc(C(C)C)c1. The zero-order valence-electron chi connectivity index (χ0n) is 9.46. The maximum Gasteiger partial charge on any atom is 0.270 e. The first-order valence-electron chi connectivity index (χ1n) is 4.91. The van der Waals surface area contributed by atoms with Crippen molar-refractivity contribution in [2.45, 2.75) is 19.8 Å². The van der Waals surface area contributed by atoms with Crippen LogP contribution < -0.4 is 16.2 Å². The lowest BCUT2D eigenvalue weighted by atomic mass is 10.1. The van der Waals surface area contributed by atoms with Gasteiger partial charge < -0.3 is 5.32 Å². The first-order valence-corrected chi connectivity index (χ1v) is 6.20. The van der Waals surface area contributed by atoms with Crippen LogP contribution >= 0.6 is 23.6 Å². The lowest BCUT2D eigenvalue weighted by Gasteiger charge is -2.07. The van der Waals surface area contributed by atoms with Gasteiger partial charge in [-0.1, -0.05) is 13.8 Å². The molecule has 0 aliphatic carbocycles. The molecule has 1 heterocycles. The van der Waals surface area contributed by atoms with E-state index in [1.165, 1.54) is 4.88 Å². The molecule has 16 heavy (non-hydrogen) atoms. The molecule has 0 radical (unpaired) electrons. The van der Waals surface area contributed by atoms with Gasteiger partial charge >= 0.3 is 0 Å². The second-order valence-electron chi connectivity index (χ2n) is 3.55. The molecular formula is C10H15N3OS2. The summed E-state index contributed by atoms with van der Waals surface area (Å²) >= 11 is 6.42. The van der Waals surface area contributed by atoms with E-state index in [0.717, 1.165) is 0 Å². The zero-order valence-corrected chi connectivity index (χ0v) is 11.1. The van der Waals surface area contributed by atoms with Gasteiger partial charge in [0, 0.05) is 17.3 Å². The molecule has 0 unspecified atom stereocenters. The van der Waals surface area contributed by atoms with Gasteiger partial charge in [0.25, 0.3) is 5.91 Å². The predicted octanol–water partition coefficient (Wildman–Crippen LogP) is 1.61. The van der Waals surface area contributed by atoms with Crippen LogP contribution in [0.4, 0.5) is 0 Å². The highest BCUT2D eigenvalue weighted by Crippen LogP contribution is 2.22. The summed E-state index contributed by atoms with van der Waals surface area (Å²) < 4.78 is 0. The maximum atomic E-state index is 11.6. The van der Waals surface area contributed by atoms with Gasteiger partial charge in [-0.25, -0.2) is 0 Å². The third kappa shape index (κ3) is 3.46. The Labute approximate surface area is 104 Å². The van der Waals surface area contributed by atoms with Crippen molar-refractivity contribution >= 4 is 34.6 Å². The highest BCUT2D eigenvalue weighted by molar-refractivity contribution is 7.80. The summed E-state index contributed by atoms with van der Waals surface area (Å²) in [5.74, 6) is 0.263. The number of thiophene rings is 1. The molecule has 1 rings (SSSR count). The molecule has 0 atom stereocenters. The average molecular weight is 257 g/mol. The summed E-state index contributed by atoms with van der Waals surface area (Å²) in [5, 5.41) is 4.93. The topological polar surface area (TPSA) is 53.2 Å². The number of hydrazine groups is 1. The Kier molecular flexibility index (Phi) is 4.70. The van der Waals surface area contributed by atoms with E-state index in [1.54, 1.807) is 18.4 Å². The number of nitrogens with one attached hydrogen (secondary N) is 3. The number of rotatable bonds is 2. The first kappa shape index (κ1) is 12.9. The van der Waals surface area contributed by atoms with Crippen molar-refractivity contribution in [2.24, 2.45) is 0 Å². The molecule has 88 valence electrons. The Morgan fingerprint density at radius 1 is 1.44 bits per heavy atom. The van der Waals surface area contributed by atoms with Crippen molar-refractivity contribution in [2.75, 3.05) is 7.05 Å². The number of hydrogen-bond acceptors (Lipinski definition) is 3. The number of carbonyl (C=O) groups excluding carboxylic acids is 1. The molecule has 0 fully saturated rings. The van der Waals surface area contributed by atoms with Crippen molar-refractivity contribution < 1.29 is 4.79 Å². The van der Waals surface area contributed by atoms with Crippen LogP contribution in [0, 0.1) is 0 Å². The maximum absolute atomic E-state index is 11.6. The number of amides is 1. The molecule has 6 heteroatoms. The van der Waals surface area contributed by atoms with E-state index in [2.05, 4.69) is 30.0 Å². The van der Waals surface area contributed by atoms with E-state index in [4.69, 9.17) is 12.2 Å². The summed E-state index contributed by atoms with van der Waals surface area (Å²) in [6.45, 7) is 4.20. The molecule has 0 spiro atoms. The van der Waals surface area contributed by atoms with Crippen molar-refractivity contribution in [3.8, 4) is 0 Å². The Morgan fingerprint density at radius 2 is 2.12 bits per heavy atom. The fourth-order valence-corrected chi connectivity index (χ4v) is 1.98. The van der Waals surface area contributed by atoms with Crippen molar-refractivity contribution in [3.05, 3.63) is 21.9 Å². The fraction of sp³-hybridized carbons (Fsp3) is 0.400. The standard InChI is InChI=1S/C10H15N3OS2/c1-6(2)8-4-7(5-16-8)9(14)12-13-10(15)11-3/h4-6H,1-3H3,(H,12,14)(H2,11,13,15). The van der Waals surface area contributed by atoms with Gasteiger partial charge in [0.15, 0.2) is 5.11 Å². The molecule has 3 N–H and O–H groups in total. The van der Waals surface area contributed by atoms with Gasteiger partial charge in [0.05, 0.1) is 5.56 Å². The summed E-state index contributed by atoms with van der Waals surface area (Å²) in [5.41, 5.74) is 5.76. The van der Waals surface area contributed by atoms with Gasteiger partial charge in [0.1, 0.15) is 0 Å². The van der Waals surface area contributed by atoms with Crippen LogP contribution in [0.3, 0.4) is 0 Å². The number of thiocarbonyl (C=S) groups is 1. The highest BCUT2D eigenvalue weighted by Gasteiger charge is 2.10. The third-order valence-electron chi connectivity index (χ3n) is 1.97. The second kappa shape index (κ2) is 5.81. The molecule has 0 aromatic carbocycles. The second-order valence-corrected chi connectivity index (χ2v) is 4.90. The summed E-state index contributed by atoms with van der Waals surface area (Å²) in [4.78, 5) is 12.8. The normalized spacial score (nSPS) is 10.0. The van der Waals surface area contributed by atoms with Crippen LogP contribution in [0.1, 0.15) is 35.0 Å². The monoisotopic (exact) mass is 257 g/mol. The smallest absolute Gasteiger partial charge is 0.270 e. The van der Waals surface area contributed by atoms with Crippen LogP contribution in [0.15, 0.2) is 11.4 Å². The molecule has 1 aromatic rings. The van der Waals surface area contributed by atoms with Crippen molar-refractivity contribution in [1.29, 1.82) is 0 Å². The van der Waals surface area contributed by atoms with E-state index in [-0.39, 0.29) is 5.91 Å². The average Bonchev–Trinajstić information content (AvgIpc) is 2.74. The summed E-state index contributed by atoms with van der Waals surface area (Å²) in [6, 6.07) is 1.90. The fourth-order valence-electron chi connectivity index (χ4n) is 1.02. The summed E-state index contributed by atoms with van der Waals surface area (Å²) in [7, 11) is 1.68. The molecule has 0 saturated carbocycles. The minimum absolute atomic E-state index is 0.180. The van der Waals surface area contributed by atoms with Crippen molar-refractivity contribution in [3.63, 3.8) is 0 Å². The minimum Gasteiger partial charge on any atom is -0.364 e. The molecular weight excluding hydrogens is 242 g/mol. The van der Waals surface area contributed by atoms with Gasteiger partial charge in [0.2, 0.25) is 0 Å². The van der Waals surface area contributed by atoms with E-state index in [1.807, 2.05) is 11.4 Å². The Bertz CT molecular complexity index is 387. The molecule has 1 amide bonds. The predicted molar refractivity (Wildman–Crippen MR) is 70.7 cm³/mol. The number of hydrogen-bond donors (Lipinski definition) is 3. The summed E-state index contributed by atoms with van der Waals surface area (Å²) in [6.07, 6.45) is 0. The lowest BCUT2D eigenvalue weighted by Crippen LogP contribution is -2.45. The zero-order chi connectivity index (χ0) is 12.1. The van der Waals surface area contributed by atoms with Crippen LogP contribution in [-0.4, -0.2) is 18.1 Å².